The molecule has 1 unspecified atom stereocenters. The predicted molar refractivity (Wildman–Crippen MR) is 53.2 cm³/mol. The Morgan fingerprint density at radius 2 is 2.31 bits per heavy atom. The van der Waals surface area contributed by atoms with E-state index in [1.165, 1.54) is 6.42 Å². The molecule has 1 atom stereocenters. The zero-order chi connectivity index (χ0) is 9.26. The Morgan fingerprint density at radius 3 is 2.92 bits per heavy atom. The molecular weight excluding hydrogens is 186 g/mol. The van der Waals surface area contributed by atoms with E-state index in [1.54, 1.807) is 12.1 Å². The first-order valence-corrected chi connectivity index (χ1v) is 4.84. The molecule has 0 amide bonds. The lowest BCUT2D eigenvalue weighted by atomic mass is 9.98. The van der Waals surface area contributed by atoms with Gasteiger partial charge in [0.25, 0.3) is 0 Å². The van der Waals surface area contributed by atoms with Crippen molar-refractivity contribution in [3.8, 4) is 5.75 Å². The normalized spacial score (nSPS) is 21.2. The largest absolute Gasteiger partial charge is 0.508 e. The van der Waals surface area contributed by atoms with Gasteiger partial charge in [0, 0.05) is 11.1 Å². The summed E-state index contributed by atoms with van der Waals surface area (Å²) >= 11 is 5.83. The van der Waals surface area contributed by atoms with E-state index in [4.69, 9.17) is 11.6 Å². The lowest BCUT2D eigenvalue weighted by Gasteiger charge is -2.27. The Balaban J connectivity index is 2.13. The summed E-state index contributed by atoms with van der Waals surface area (Å²) < 4.78 is 0. The van der Waals surface area contributed by atoms with Crippen LogP contribution in [0.15, 0.2) is 18.2 Å². The average Bonchev–Trinajstić information content (AvgIpc) is 2.03. The minimum Gasteiger partial charge on any atom is -0.508 e. The van der Waals surface area contributed by atoms with Crippen LogP contribution in [-0.4, -0.2) is 17.7 Å². The molecule has 2 nitrogen and oxygen atoms in total. The van der Waals surface area contributed by atoms with Gasteiger partial charge in [0.15, 0.2) is 0 Å². The van der Waals surface area contributed by atoms with Crippen molar-refractivity contribution < 1.29 is 5.11 Å². The van der Waals surface area contributed by atoms with E-state index in [0.29, 0.717) is 16.8 Å². The van der Waals surface area contributed by atoms with Gasteiger partial charge in [-0.3, -0.25) is 0 Å². The maximum Gasteiger partial charge on any atom is 0.118 e. The quantitative estimate of drug-likeness (QED) is 0.760. The van der Waals surface area contributed by atoms with Crippen LogP contribution in [0.5, 0.6) is 5.75 Å². The summed E-state index contributed by atoms with van der Waals surface area (Å²) in [4.78, 5) is 0. The lowest BCUT2D eigenvalue weighted by molar-refractivity contribution is 0.363. The molecule has 1 saturated heterocycles. The van der Waals surface area contributed by atoms with Gasteiger partial charge < -0.3 is 10.4 Å². The van der Waals surface area contributed by atoms with Crippen LogP contribution < -0.4 is 5.32 Å². The number of phenols is 1. The van der Waals surface area contributed by atoms with Crippen molar-refractivity contribution in [2.75, 3.05) is 6.54 Å². The molecule has 1 fully saturated rings. The number of nitrogens with one attached hydrogen (secondary N) is 1. The minimum atomic E-state index is 0.345. The highest BCUT2D eigenvalue weighted by Crippen LogP contribution is 2.24. The Hall–Kier alpha value is -0.730. The summed E-state index contributed by atoms with van der Waals surface area (Å²) in [6.45, 7) is 1.09. The second-order valence-corrected chi connectivity index (χ2v) is 3.85. The van der Waals surface area contributed by atoms with Crippen molar-refractivity contribution in [3.63, 3.8) is 0 Å². The molecule has 0 saturated carbocycles. The third-order valence-corrected chi connectivity index (χ3v) is 2.67. The first kappa shape index (κ1) is 8.85. The van der Waals surface area contributed by atoms with E-state index in [1.807, 2.05) is 6.07 Å². The van der Waals surface area contributed by atoms with Crippen LogP contribution in [0.2, 0.25) is 5.02 Å². The molecule has 0 aromatic heterocycles. The molecule has 1 aromatic rings. The van der Waals surface area contributed by atoms with Gasteiger partial charge in [-0.15, -0.1) is 0 Å². The molecule has 1 aromatic carbocycles. The molecule has 0 spiro atoms. The summed E-state index contributed by atoms with van der Waals surface area (Å²) in [5.41, 5.74) is 0.935. The van der Waals surface area contributed by atoms with Crippen molar-refractivity contribution in [3.05, 3.63) is 28.8 Å². The number of hydrogen-bond donors (Lipinski definition) is 2. The van der Waals surface area contributed by atoms with Gasteiger partial charge in [-0.2, -0.15) is 0 Å². The highest BCUT2D eigenvalue weighted by atomic mass is 35.5. The molecule has 2 N–H and O–H groups in total. The number of hydrogen-bond acceptors (Lipinski definition) is 2. The van der Waals surface area contributed by atoms with E-state index in [-0.39, 0.29) is 0 Å². The van der Waals surface area contributed by atoms with Crippen LogP contribution in [0, 0.1) is 0 Å². The number of phenolic OH excluding ortho intramolecular Hbond substituents is 1. The van der Waals surface area contributed by atoms with Crippen LogP contribution in [-0.2, 0) is 6.42 Å². The highest BCUT2D eigenvalue weighted by Gasteiger charge is 2.17. The van der Waals surface area contributed by atoms with Crippen LogP contribution in [0.1, 0.15) is 12.0 Å². The van der Waals surface area contributed by atoms with Crippen molar-refractivity contribution in [2.24, 2.45) is 0 Å². The second-order valence-electron chi connectivity index (χ2n) is 3.42. The van der Waals surface area contributed by atoms with Gasteiger partial charge in [-0.1, -0.05) is 11.6 Å². The van der Waals surface area contributed by atoms with E-state index in [0.717, 1.165) is 18.5 Å². The van der Waals surface area contributed by atoms with E-state index < -0.39 is 0 Å². The van der Waals surface area contributed by atoms with Crippen molar-refractivity contribution >= 4 is 11.6 Å². The molecule has 70 valence electrons. The zero-order valence-corrected chi connectivity index (χ0v) is 8.01. The third kappa shape index (κ3) is 1.95. The van der Waals surface area contributed by atoms with E-state index in [9.17, 15) is 5.11 Å². The fourth-order valence-electron chi connectivity index (χ4n) is 1.51. The van der Waals surface area contributed by atoms with Gasteiger partial charge in [-0.25, -0.2) is 0 Å². The molecule has 0 bridgehead atoms. The Kier molecular flexibility index (Phi) is 2.42. The summed E-state index contributed by atoms with van der Waals surface area (Å²) in [6.07, 6.45) is 2.05. The van der Waals surface area contributed by atoms with Crippen LogP contribution in [0.4, 0.5) is 0 Å². The van der Waals surface area contributed by atoms with Gasteiger partial charge in [0.2, 0.25) is 0 Å². The molecule has 1 aliphatic heterocycles. The van der Waals surface area contributed by atoms with Crippen molar-refractivity contribution in [2.45, 2.75) is 18.9 Å². The Morgan fingerprint density at radius 1 is 1.54 bits per heavy atom. The molecule has 1 heterocycles. The first-order valence-electron chi connectivity index (χ1n) is 4.46. The Labute approximate surface area is 82.5 Å². The molecule has 0 aliphatic carbocycles. The number of aromatic hydroxyl groups is 1. The molecule has 0 radical (unpaired) electrons. The van der Waals surface area contributed by atoms with Gasteiger partial charge in [-0.05, 0) is 43.1 Å². The molecule has 1 aliphatic rings. The maximum absolute atomic E-state index is 9.52. The highest BCUT2D eigenvalue weighted by molar-refractivity contribution is 6.30. The number of rotatable bonds is 2. The molecule has 13 heavy (non-hydrogen) atoms. The van der Waals surface area contributed by atoms with Gasteiger partial charge in [0.1, 0.15) is 5.75 Å². The zero-order valence-electron chi connectivity index (χ0n) is 7.26. The number of halogens is 1. The fourth-order valence-corrected chi connectivity index (χ4v) is 1.70. The third-order valence-electron chi connectivity index (χ3n) is 2.43. The minimum absolute atomic E-state index is 0.345. The first-order chi connectivity index (χ1) is 6.25. The molecule has 2 rings (SSSR count). The average molecular weight is 198 g/mol. The maximum atomic E-state index is 9.52. The van der Waals surface area contributed by atoms with Crippen molar-refractivity contribution in [1.82, 2.24) is 5.32 Å². The van der Waals surface area contributed by atoms with Crippen LogP contribution in [0.3, 0.4) is 0 Å². The SMILES string of the molecule is Oc1ccc(Cl)cc1CC1CCN1. The summed E-state index contributed by atoms with van der Waals surface area (Å²) in [5.74, 6) is 0.345. The summed E-state index contributed by atoms with van der Waals surface area (Å²) in [5, 5.41) is 13.5. The summed E-state index contributed by atoms with van der Waals surface area (Å²) in [7, 11) is 0. The predicted octanol–water partition coefficient (Wildman–Crippen LogP) is 1.95. The van der Waals surface area contributed by atoms with E-state index in [2.05, 4.69) is 5.32 Å². The number of benzene rings is 1. The molecular formula is C10H12ClNO. The fraction of sp³-hybridized carbons (Fsp3) is 0.400. The van der Waals surface area contributed by atoms with Crippen LogP contribution in [0.25, 0.3) is 0 Å². The van der Waals surface area contributed by atoms with Gasteiger partial charge >= 0.3 is 0 Å². The van der Waals surface area contributed by atoms with Crippen molar-refractivity contribution in [1.29, 1.82) is 0 Å². The monoisotopic (exact) mass is 197 g/mol. The topological polar surface area (TPSA) is 32.3 Å². The lowest BCUT2D eigenvalue weighted by Crippen LogP contribution is -2.44. The van der Waals surface area contributed by atoms with E-state index >= 15 is 0 Å². The van der Waals surface area contributed by atoms with Gasteiger partial charge in [0.05, 0.1) is 0 Å². The smallest absolute Gasteiger partial charge is 0.118 e. The van der Waals surface area contributed by atoms with Crippen LogP contribution >= 0.6 is 11.6 Å². The molecule has 3 heteroatoms. The Bertz CT molecular complexity index is 310. The standard InChI is InChI=1S/C10H12ClNO/c11-8-1-2-10(13)7(5-8)6-9-3-4-12-9/h1-2,5,9,12-13H,3-4,6H2. The second kappa shape index (κ2) is 3.56. The summed E-state index contributed by atoms with van der Waals surface area (Å²) in [6, 6.07) is 5.70.